The molecule has 0 heterocycles. The Morgan fingerprint density at radius 1 is 1.33 bits per heavy atom. The molecular formula is C15H24BrClN2OS. The van der Waals surface area contributed by atoms with Gasteiger partial charge in [-0.1, -0.05) is 19.1 Å². The predicted molar refractivity (Wildman–Crippen MR) is 97.2 cm³/mol. The van der Waals surface area contributed by atoms with Gasteiger partial charge in [0.2, 0.25) is 5.91 Å². The van der Waals surface area contributed by atoms with Crippen LogP contribution in [-0.4, -0.2) is 24.2 Å². The number of carbonyl (C=O) groups excluding carboxylic acids is 1. The van der Waals surface area contributed by atoms with E-state index in [4.69, 9.17) is 5.73 Å². The van der Waals surface area contributed by atoms with Crippen LogP contribution in [0, 0.1) is 5.92 Å². The summed E-state index contributed by atoms with van der Waals surface area (Å²) in [5, 5.41) is 2.94. The van der Waals surface area contributed by atoms with E-state index < -0.39 is 0 Å². The van der Waals surface area contributed by atoms with Crippen molar-refractivity contribution in [2.45, 2.75) is 37.6 Å². The van der Waals surface area contributed by atoms with Crippen molar-refractivity contribution >= 4 is 46.0 Å². The van der Waals surface area contributed by atoms with Crippen LogP contribution in [0.1, 0.15) is 26.7 Å². The van der Waals surface area contributed by atoms with Crippen molar-refractivity contribution < 1.29 is 4.79 Å². The van der Waals surface area contributed by atoms with E-state index >= 15 is 0 Å². The van der Waals surface area contributed by atoms with Crippen molar-refractivity contribution in [1.82, 2.24) is 5.32 Å². The molecule has 1 amide bonds. The van der Waals surface area contributed by atoms with Crippen LogP contribution in [0.4, 0.5) is 0 Å². The summed E-state index contributed by atoms with van der Waals surface area (Å²) < 4.78 is 1.14. The lowest BCUT2D eigenvalue weighted by atomic mass is 10.0. The highest BCUT2D eigenvalue weighted by Gasteiger charge is 2.15. The third kappa shape index (κ3) is 8.10. The molecule has 2 unspecified atom stereocenters. The molecule has 1 aromatic rings. The van der Waals surface area contributed by atoms with Gasteiger partial charge in [0.15, 0.2) is 0 Å². The maximum Gasteiger partial charge on any atom is 0.224 e. The fourth-order valence-electron chi connectivity index (χ4n) is 1.58. The Labute approximate surface area is 146 Å². The van der Waals surface area contributed by atoms with E-state index in [1.165, 1.54) is 4.90 Å². The van der Waals surface area contributed by atoms with Crippen molar-refractivity contribution in [1.29, 1.82) is 0 Å². The van der Waals surface area contributed by atoms with Gasteiger partial charge >= 0.3 is 0 Å². The first-order chi connectivity index (χ1) is 9.52. The second kappa shape index (κ2) is 11.4. The van der Waals surface area contributed by atoms with Crippen molar-refractivity contribution in [3.05, 3.63) is 28.7 Å². The Bertz CT molecular complexity index is 432. The van der Waals surface area contributed by atoms with Crippen LogP contribution in [0.5, 0.6) is 0 Å². The number of benzene rings is 1. The fourth-order valence-corrected chi connectivity index (χ4v) is 3.16. The number of halogens is 2. The maximum atomic E-state index is 11.7. The number of hydrogen-bond acceptors (Lipinski definition) is 3. The van der Waals surface area contributed by atoms with E-state index in [-0.39, 0.29) is 30.3 Å². The molecule has 3 N–H and O–H groups in total. The minimum atomic E-state index is -0.121. The number of hydrogen-bond donors (Lipinski definition) is 2. The Balaban J connectivity index is 0.00000400. The zero-order chi connectivity index (χ0) is 15.0. The number of unbranched alkanes of at least 4 members (excludes halogenated alkanes) is 1. The average molecular weight is 396 g/mol. The number of amides is 1. The summed E-state index contributed by atoms with van der Waals surface area (Å²) in [6.07, 6.45) is 2.08. The molecule has 0 saturated heterocycles. The van der Waals surface area contributed by atoms with E-state index in [1.54, 1.807) is 0 Å². The van der Waals surface area contributed by atoms with Crippen molar-refractivity contribution in [3.63, 3.8) is 0 Å². The van der Waals surface area contributed by atoms with Gasteiger partial charge in [0.05, 0.1) is 0 Å². The zero-order valence-electron chi connectivity index (χ0n) is 12.5. The number of carbonyl (C=O) groups is 1. The summed E-state index contributed by atoms with van der Waals surface area (Å²) >= 11 is 5.38. The van der Waals surface area contributed by atoms with Gasteiger partial charge in [-0.05, 0) is 53.6 Å². The molecule has 1 rings (SSSR count). The lowest BCUT2D eigenvalue weighted by molar-refractivity contribution is -0.124. The molecule has 0 bridgehead atoms. The van der Waals surface area contributed by atoms with Gasteiger partial charge in [-0.3, -0.25) is 4.79 Å². The molecule has 3 nitrogen and oxygen atoms in total. The standard InChI is InChI=1S/C15H23BrN2OS.ClH/c1-11(12(2)17)15(19)18-9-5-6-10-20-14-8-4-3-7-13(14)16;/h3-4,7-8,11-12H,5-6,9-10,17H2,1-2H3,(H,18,19);1H. The van der Waals surface area contributed by atoms with Gasteiger partial charge in [-0.25, -0.2) is 0 Å². The topological polar surface area (TPSA) is 55.1 Å². The molecule has 2 atom stereocenters. The smallest absolute Gasteiger partial charge is 0.224 e. The lowest BCUT2D eigenvalue weighted by Crippen LogP contribution is -2.38. The zero-order valence-corrected chi connectivity index (χ0v) is 15.7. The quantitative estimate of drug-likeness (QED) is 0.519. The lowest BCUT2D eigenvalue weighted by Gasteiger charge is -2.15. The van der Waals surface area contributed by atoms with Crippen molar-refractivity contribution in [2.24, 2.45) is 11.7 Å². The molecule has 0 saturated carbocycles. The van der Waals surface area contributed by atoms with E-state index in [0.29, 0.717) is 0 Å². The minimum absolute atomic E-state index is 0. The number of thioether (sulfide) groups is 1. The highest BCUT2D eigenvalue weighted by molar-refractivity contribution is 9.10. The number of nitrogens with one attached hydrogen (secondary N) is 1. The first kappa shape index (κ1) is 20.8. The van der Waals surface area contributed by atoms with Crippen LogP contribution in [-0.2, 0) is 4.79 Å². The third-order valence-corrected chi connectivity index (χ3v) is 5.28. The monoisotopic (exact) mass is 394 g/mol. The number of rotatable bonds is 8. The van der Waals surface area contributed by atoms with E-state index in [1.807, 2.05) is 37.7 Å². The van der Waals surface area contributed by atoms with Crippen LogP contribution >= 0.6 is 40.1 Å². The molecule has 0 radical (unpaired) electrons. The second-order valence-electron chi connectivity index (χ2n) is 4.92. The largest absolute Gasteiger partial charge is 0.356 e. The van der Waals surface area contributed by atoms with Crippen LogP contribution < -0.4 is 11.1 Å². The van der Waals surface area contributed by atoms with Gasteiger partial charge in [0.25, 0.3) is 0 Å². The molecule has 6 heteroatoms. The Kier molecular flexibility index (Phi) is 11.2. The van der Waals surface area contributed by atoms with Gasteiger partial charge in [-0.2, -0.15) is 0 Å². The fraction of sp³-hybridized carbons (Fsp3) is 0.533. The Hall–Kier alpha value is -0.230. The molecule has 120 valence electrons. The minimum Gasteiger partial charge on any atom is -0.356 e. The molecule has 21 heavy (non-hydrogen) atoms. The maximum absolute atomic E-state index is 11.7. The van der Waals surface area contributed by atoms with Crippen molar-refractivity contribution in [3.8, 4) is 0 Å². The average Bonchev–Trinajstić information content (AvgIpc) is 2.43. The molecule has 0 aromatic heterocycles. The SMILES string of the molecule is CC(N)C(C)C(=O)NCCCCSc1ccccc1Br.Cl. The van der Waals surface area contributed by atoms with Gasteiger partial charge < -0.3 is 11.1 Å². The van der Waals surface area contributed by atoms with Gasteiger partial charge in [0.1, 0.15) is 0 Å². The van der Waals surface area contributed by atoms with Crippen molar-refractivity contribution in [2.75, 3.05) is 12.3 Å². The molecule has 0 spiro atoms. The van der Waals surface area contributed by atoms with E-state index in [9.17, 15) is 4.79 Å². The highest BCUT2D eigenvalue weighted by atomic mass is 79.9. The normalized spacial score (nSPS) is 13.1. The molecule has 0 fully saturated rings. The summed E-state index contributed by atoms with van der Waals surface area (Å²) in [7, 11) is 0. The van der Waals surface area contributed by atoms with Crippen LogP contribution in [0.3, 0.4) is 0 Å². The molecular weight excluding hydrogens is 372 g/mol. The summed E-state index contributed by atoms with van der Waals surface area (Å²) in [4.78, 5) is 12.9. The predicted octanol–water partition coefficient (Wildman–Crippen LogP) is 3.84. The van der Waals surface area contributed by atoms with E-state index in [0.717, 1.165) is 29.6 Å². The van der Waals surface area contributed by atoms with Gasteiger partial charge in [0, 0.05) is 27.9 Å². The van der Waals surface area contributed by atoms with Crippen LogP contribution in [0.25, 0.3) is 0 Å². The first-order valence-corrected chi connectivity index (χ1v) is 8.71. The molecule has 1 aromatic carbocycles. The summed E-state index contributed by atoms with van der Waals surface area (Å²) in [6, 6.07) is 8.13. The van der Waals surface area contributed by atoms with E-state index in [2.05, 4.69) is 33.4 Å². The van der Waals surface area contributed by atoms with Crippen LogP contribution in [0.15, 0.2) is 33.6 Å². The summed E-state index contributed by atoms with van der Waals surface area (Å²) in [6.45, 7) is 4.45. The highest BCUT2D eigenvalue weighted by Crippen LogP contribution is 2.27. The first-order valence-electron chi connectivity index (χ1n) is 6.93. The molecule has 0 aliphatic carbocycles. The third-order valence-electron chi connectivity index (χ3n) is 3.17. The molecule has 0 aliphatic heterocycles. The van der Waals surface area contributed by atoms with Crippen LogP contribution in [0.2, 0.25) is 0 Å². The van der Waals surface area contributed by atoms with Gasteiger partial charge in [-0.15, -0.1) is 24.2 Å². The summed E-state index contributed by atoms with van der Waals surface area (Å²) in [5.74, 6) is 0.990. The second-order valence-corrected chi connectivity index (χ2v) is 6.92. The Morgan fingerprint density at radius 3 is 2.62 bits per heavy atom. The number of nitrogens with two attached hydrogens (primary N) is 1. The summed E-state index contributed by atoms with van der Waals surface area (Å²) in [5.41, 5.74) is 5.70. The Morgan fingerprint density at radius 2 is 2.00 bits per heavy atom. The molecule has 0 aliphatic rings.